The van der Waals surface area contributed by atoms with E-state index in [-0.39, 0.29) is 29.1 Å². The molecule has 0 radical (unpaired) electrons. The summed E-state index contributed by atoms with van der Waals surface area (Å²) in [7, 11) is 0. The molecule has 1 amide bonds. The van der Waals surface area contributed by atoms with E-state index in [1.807, 2.05) is 38.1 Å². The van der Waals surface area contributed by atoms with Crippen molar-refractivity contribution < 1.29 is 14.6 Å². The first-order valence-electron chi connectivity index (χ1n) is 10.7. The van der Waals surface area contributed by atoms with Gasteiger partial charge in [-0.3, -0.25) is 4.79 Å². The Morgan fingerprint density at radius 3 is 2.61 bits per heavy atom. The number of rotatable bonds is 8. The highest BCUT2D eigenvalue weighted by molar-refractivity contribution is 6.10. The number of ether oxygens (including phenoxy) is 1. The molecule has 0 aliphatic carbocycles. The van der Waals surface area contributed by atoms with Gasteiger partial charge in [0, 0.05) is 18.7 Å². The molecule has 0 bridgehead atoms. The minimum Gasteiger partial charge on any atom is -0.507 e. The maximum absolute atomic E-state index is 13.0. The number of carbonyl (C=O) groups excluding carboxylic acids is 1. The number of nitrogens with one attached hydrogen (secondary N) is 1. The van der Waals surface area contributed by atoms with Crippen LogP contribution in [-0.2, 0) is 4.74 Å². The Labute approximate surface area is 190 Å². The second-order valence-corrected chi connectivity index (χ2v) is 7.79. The predicted octanol–water partition coefficient (Wildman–Crippen LogP) is 3.30. The minimum absolute atomic E-state index is 0.0781. The van der Waals surface area contributed by atoms with Crippen molar-refractivity contribution in [1.82, 2.24) is 20.0 Å². The average molecular weight is 447 g/mol. The highest BCUT2D eigenvalue weighted by Gasteiger charge is 2.24. The number of nitrogens with two attached hydrogens (primary N) is 1. The van der Waals surface area contributed by atoms with Crippen LogP contribution < -0.4 is 11.1 Å². The Balaban J connectivity index is 1.73. The van der Waals surface area contributed by atoms with E-state index < -0.39 is 0 Å². The summed E-state index contributed by atoms with van der Waals surface area (Å²) in [4.78, 5) is 22.3. The Hall–Kier alpha value is -3.98. The van der Waals surface area contributed by atoms with Crippen LogP contribution in [0.4, 0.5) is 5.82 Å². The molecule has 0 atom stereocenters. The predicted molar refractivity (Wildman–Crippen MR) is 129 cm³/mol. The first-order chi connectivity index (χ1) is 16.0. The maximum atomic E-state index is 13.0. The lowest BCUT2D eigenvalue weighted by molar-refractivity contribution is 0.0757. The second kappa shape index (κ2) is 9.66. The van der Waals surface area contributed by atoms with Gasteiger partial charge in [0.1, 0.15) is 22.6 Å². The molecule has 0 unspecified atom stereocenters. The number of benzene rings is 2. The van der Waals surface area contributed by atoms with Gasteiger partial charge in [0.15, 0.2) is 5.65 Å². The molecule has 0 saturated heterocycles. The van der Waals surface area contributed by atoms with E-state index in [2.05, 4.69) is 20.4 Å². The van der Waals surface area contributed by atoms with E-state index in [1.54, 1.807) is 24.3 Å². The highest BCUT2D eigenvalue weighted by atomic mass is 16.5. The number of phenols is 1. The summed E-state index contributed by atoms with van der Waals surface area (Å²) in [6.07, 6.45) is 2.27. The van der Waals surface area contributed by atoms with Crippen molar-refractivity contribution in [3.05, 3.63) is 59.7 Å². The molecule has 0 fully saturated rings. The number of amides is 1. The molecular formula is C24H26N6O3. The zero-order valence-corrected chi connectivity index (χ0v) is 18.5. The molecule has 170 valence electrons. The number of hydrogen-bond donors (Lipinski definition) is 3. The summed E-state index contributed by atoms with van der Waals surface area (Å²) >= 11 is 0. The van der Waals surface area contributed by atoms with Gasteiger partial charge >= 0.3 is 0 Å². The number of aromatic hydroxyl groups is 1. The van der Waals surface area contributed by atoms with Gasteiger partial charge in [0.05, 0.1) is 23.4 Å². The summed E-state index contributed by atoms with van der Waals surface area (Å²) < 4.78 is 6.89. The first kappa shape index (κ1) is 22.2. The molecule has 4 N–H and O–H groups in total. The molecule has 2 heterocycles. The van der Waals surface area contributed by atoms with E-state index in [4.69, 9.17) is 10.5 Å². The summed E-state index contributed by atoms with van der Waals surface area (Å²) in [5.74, 6) is -0.166. The zero-order valence-electron chi connectivity index (χ0n) is 18.5. The lowest BCUT2D eigenvalue weighted by atomic mass is 10.2. The summed E-state index contributed by atoms with van der Waals surface area (Å²) in [6.45, 7) is 4.91. The maximum Gasteiger partial charge on any atom is 0.257 e. The number of aromatic nitrogens is 3. The van der Waals surface area contributed by atoms with Crippen molar-refractivity contribution in [2.75, 3.05) is 18.9 Å². The number of para-hydroxylation sites is 3. The number of nitrogen functional groups attached to an aromatic ring is 1. The Kier molecular flexibility index (Phi) is 6.50. The van der Waals surface area contributed by atoms with Crippen LogP contribution >= 0.6 is 0 Å². The molecule has 0 spiro atoms. The molecule has 9 nitrogen and oxygen atoms in total. The molecule has 2 aromatic heterocycles. The van der Waals surface area contributed by atoms with E-state index in [1.165, 1.54) is 10.9 Å². The van der Waals surface area contributed by atoms with Crippen molar-refractivity contribution in [2.24, 2.45) is 5.10 Å². The van der Waals surface area contributed by atoms with Gasteiger partial charge in [-0.25, -0.2) is 9.97 Å². The van der Waals surface area contributed by atoms with E-state index in [0.717, 1.165) is 0 Å². The lowest BCUT2D eigenvalue weighted by Gasteiger charge is -2.08. The molecular weight excluding hydrogens is 420 g/mol. The standard InChI is InChI=1S/C24H26N6O3/c1-15(2)33-13-7-12-26-24(32)20-21-23(29-18-10-5-4-9-17(18)28-21)30(22(20)25)27-14-16-8-3-6-11-19(16)31/h3-6,8-11,14-15,31H,7,12-13,25H2,1-2H3,(H,26,32). The largest absolute Gasteiger partial charge is 0.507 e. The Morgan fingerprint density at radius 1 is 1.18 bits per heavy atom. The number of hydrogen-bond acceptors (Lipinski definition) is 7. The molecule has 0 aliphatic rings. The molecule has 4 aromatic rings. The monoisotopic (exact) mass is 446 g/mol. The van der Waals surface area contributed by atoms with Crippen molar-refractivity contribution in [1.29, 1.82) is 0 Å². The fourth-order valence-corrected chi connectivity index (χ4v) is 3.39. The van der Waals surface area contributed by atoms with Crippen molar-refractivity contribution >= 4 is 40.1 Å². The number of anilines is 1. The molecule has 33 heavy (non-hydrogen) atoms. The normalized spacial score (nSPS) is 11.7. The van der Waals surface area contributed by atoms with Crippen LogP contribution in [0.2, 0.25) is 0 Å². The number of carbonyl (C=O) groups is 1. The van der Waals surface area contributed by atoms with Gasteiger partial charge in [-0.15, -0.1) is 0 Å². The van der Waals surface area contributed by atoms with Crippen LogP contribution in [0.1, 0.15) is 36.2 Å². The summed E-state index contributed by atoms with van der Waals surface area (Å²) in [6, 6.07) is 14.2. The van der Waals surface area contributed by atoms with Gasteiger partial charge in [-0.1, -0.05) is 24.3 Å². The third-order valence-electron chi connectivity index (χ3n) is 5.01. The van der Waals surface area contributed by atoms with Crippen LogP contribution in [0.15, 0.2) is 53.6 Å². The topological polar surface area (TPSA) is 128 Å². The van der Waals surface area contributed by atoms with Gasteiger partial charge in [0.25, 0.3) is 5.91 Å². The van der Waals surface area contributed by atoms with Gasteiger partial charge in [-0.2, -0.15) is 9.78 Å². The molecule has 2 aromatic carbocycles. The Morgan fingerprint density at radius 2 is 1.88 bits per heavy atom. The van der Waals surface area contributed by atoms with E-state index in [9.17, 15) is 9.90 Å². The fraction of sp³-hybridized carbons (Fsp3) is 0.250. The van der Waals surface area contributed by atoms with Crippen molar-refractivity contribution in [3.63, 3.8) is 0 Å². The third kappa shape index (κ3) is 4.78. The smallest absolute Gasteiger partial charge is 0.257 e. The van der Waals surface area contributed by atoms with Gasteiger partial charge in [-0.05, 0) is 44.5 Å². The van der Waals surface area contributed by atoms with Crippen LogP contribution in [0.25, 0.3) is 22.2 Å². The number of fused-ring (bicyclic) bond motifs is 2. The molecule has 0 saturated carbocycles. The van der Waals surface area contributed by atoms with Crippen molar-refractivity contribution in [2.45, 2.75) is 26.4 Å². The second-order valence-electron chi connectivity index (χ2n) is 7.79. The van der Waals surface area contributed by atoms with Crippen LogP contribution in [0.3, 0.4) is 0 Å². The number of nitrogens with zero attached hydrogens (tertiary/aromatic N) is 4. The molecule has 9 heteroatoms. The van der Waals surface area contributed by atoms with Crippen LogP contribution in [0.5, 0.6) is 5.75 Å². The third-order valence-corrected chi connectivity index (χ3v) is 5.01. The SMILES string of the molecule is CC(C)OCCCNC(=O)c1c(N)n(N=Cc2ccccc2O)c2nc3ccccc3nc12. The first-order valence-corrected chi connectivity index (χ1v) is 10.7. The minimum atomic E-state index is -0.358. The zero-order chi connectivity index (χ0) is 23.4. The lowest BCUT2D eigenvalue weighted by Crippen LogP contribution is -2.26. The Bertz CT molecular complexity index is 1330. The molecule has 4 rings (SSSR count). The summed E-state index contributed by atoms with van der Waals surface area (Å²) in [5.41, 5.74) is 9.09. The van der Waals surface area contributed by atoms with Crippen LogP contribution in [-0.4, -0.2) is 51.1 Å². The van der Waals surface area contributed by atoms with Crippen LogP contribution in [0, 0.1) is 0 Å². The summed E-state index contributed by atoms with van der Waals surface area (Å²) in [5, 5.41) is 17.3. The number of phenolic OH excluding ortho intramolecular Hbond substituents is 1. The quantitative estimate of drug-likeness (QED) is 0.281. The van der Waals surface area contributed by atoms with Gasteiger partial charge in [0.2, 0.25) is 0 Å². The van der Waals surface area contributed by atoms with Crippen molar-refractivity contribution in [3.8, 4) is 5.75 Å². The molecule has 0 aliphatic heterocycles. The van der Waals surface area contributed by atoms with E-state index >= 15 is 0 Å². The average Bonchev–Trinajstić information content (AvgIpc) is 3.06. The fourth-order valence-electron chi connectivity index (χ4n) is 3.39. The highest BCUT2D eigenvalue weighted by Crippen LogP contribution is 2.28. The van der Waals surface area contributed by atoms with E-state index in [0.29, 0.717) is 47.3 Å². The van der Waals surface area contributed by atoms with Gasteiger partial charge < -0.3 is 20.9 Å².